The SMILES string of the molecule is COc1cccc(-c2nnc(NC(=O)c3cc4c(ccc5ccccc54)oc3=O)o2)c1. The molecule has 31 heavy (non-hydrogen) atoms. The zero-order valence-electron chi connectivity index (χ0n) is 16.3. The van der Waals surface area contributed by atoms with Crippen LogP contribution in [0.25, 0.3) is 33.2 Å². The molecule has 5 aromatic rings. The molecule has 0 unspecified atom stereocenters. The molecule has 0 spiro atoms. The lowest BCUT2D eigenvalue weighted by Crippen LogP contribution is -2.20. The van der Waals surface area contributed by atoms with Crippen LogP contribution in [0.3, 0.4) is 0 Å². The first-order valence-electron chi connectivity index (χ1n) is 9.37. The van der Waals surface area contributed by atoms with Gasteiger partial charge in [-0.3, -0.25) is 10.1 Å². The van der Waals surface area contributed by atoms with Crippen molar-refractivity contribution in [2.75, 3.05) is 12.4 Å². The van der Waals surface area contributed by atoms with Crippen molar-refractivity contribution >= 4 is 33.7 Å². The number of ether oxygens (including phenoxy) is 1. The van der Waals surface area contributed by atoms with Crippen molar-refractivity contribution in [2.24, 2.45) is 0 Å². The van der Waals surface area contributed by atoms with Gasteiger partial charge < -0.3 is 13.6 Å². The van der Waals surface area contributed by atoms with Crippen LogP contribution < -0.4 is 15.7 Å². The summed E-state index contributed by atoms with van der Waals surface area (Å²) in [5.41, 5.74) is 0.111. The summed E-state index contributed by atoms with van der Waals surface area (Å²) in [6.07, 6.45) is 0. The van der Waals surface area contributed by atoms with Crippen molar-refractivity contribution in [1.29, 1.82) is 0 Å². The number of nitrogens with zero attached hydrogens (tertiary/aromatic N) is 2. The number of carbonyl (C=O) groups excluding carboxylic acids is 1. The van der Waals surface area contributed by atoms with Crippen LogP contribution in [0.15, 0.2) is 80.4 Å². The van der Waals surface area contributed by atoms with Crippen LogP contribution in [0, 0.1) is 0 Å². The summed E-state index contributed by atoms with van der Waals surface area (Å²) in [4.78, 5) is 25.1. The largest absolute Gasteiger partial charge is 0.497 e. The van der Waals surface area contributed by atoms with E-state index in [1.54, 1.807) is 37.4 Å². The first kappa shape index (κ1) is 18.6. The number of nitrogens with one attached hydrogen (secondary N) is 1. The minimum absolute atomic E-state index is 0.139. The van der Waals surface area contributed by atoms with Crippen LogP contribution in [0.1, 0.15) is 10.4 Å². The summed E-state index contributed by atoms with van der Waals surface area (Å²) in [6.45, 7) is 0. The Balaban J connectivity index is 1.48. The van der Waals surface area contributed by atoms with Crippen molar-refractivity contribution in [3.8, 4) is 17.2 Å². The number of aromatic nitrogens is 2. The summed E-state index contributed by atoms with van der Waals surface area (Å²) < 4.78 is 16.1. The van der Waals surface area contributed by atoms with E-state index in [4.69, 9.17) is 13.6 Å². The van der Waals surface area contributed by atoms with E-state index >= 15 is 0 Å². The van der Waals surface area contributed by atoms with Gasteiger partial charge in [-0.25, -0.2) is 4.79 Å². The molecule has 0 radical (unpaired) electrons. The lowest BCUT2D eigenvalue weighted by Gasteiger charge is -2.05. The van der Waals surface area contributed by atoms with E-state index < -0.39 is 11.5 Å². The smallest absolute Gasteiger partial charge is 0.349 e. The van der Waals surface area contributed by atoms with Crippen LogP contribution in [-0.2, 0) is 0 Å². The van der Waals surface area contributed by atoms with Gasteiger partial charge in [-0.2, -0.15) is 0 Å². The predicted molar refractivity (Wildman–Crippen MR) is 114 cm³/mol. The molecule has 1 N–H and O–H groups in total. The van der Waals surface area contributed by atoms with Gasteiger partial charge in [0.2, 0.25) is 5.89 Å². The number of benzene rings is 3. The second-order valence-electron chi connectivity index (χ2n) is 6.74. The molecule has 0 bridgehead atoms. The van der Waals surface area contributed by atoms with Crippen LogP contribution in [0.5, 0.6) is 5.75 Å². The molecule has 8 heteroatoms. The third-order valence-electron chi connectivity index (χ3n) is 4.85. The van der Waals surface area contributed by atoms with E-state index in [9.17, 15) is 9.59 Å². The highest BCUT2D eigenvalue weighted by Gasteiger charge is 2.18. The lowest BCUT2D eigenvalue weighted by atomic mass is 10.0. The Hall–Kier alpha value is -4.46. The molecule has 2 aromatic heterocycles. The summed E-state index contributed by atoms with van der Waals surface area (Å²) in [6, 6.07) is 19.6. The van der Waals surface area contributed by atoms with Crippen LogP contribution >= 0.6 is 0 Å². The number of hydrogen-bond donors (Lipinski definition) is 1. The average molecular weight is 413 g/mol. The fourth-order valence-electron chi connectivity index (χ4n) is 3.34. The summed E-state index contributed by atoms with van der Waals surface area (Å²) in [5, 5.41) is 12.7. The molecule has 1 amide bonds. The molecule has 152 valence electrons. The highest BCUT2D eigenvalue weighted by atomic mass is 16.5. The fourth-order valence-corrected chi connectivity index (χ4v) is 3.34. The van der Waals surface area contributed by atoms with Crippen LogP contribution in [-0.4, -0.2) is 23.2 Å². The molecule has 3 aromatic carbocycles. The molecule has 0 saturated heterocycles. The van der Waals surface area contributed by atoms with Crippen LogP contribution in [0.4, 0.5) is 6.01 Å². The summed E-state index contributed by atoms with van der Waals surface area (Å²) in [5.74, 6) is 0.123. The summed E-state index contributed by atoms with van der Waals surface area (Å²) in [7, 11) is 1.55. The average Bonchev–Trinajstić information content (AvgIpc) is 3.27. The Morgan fingerprint density at radius 3 is 2.68 bits per heavy atom. The third kappa shape index (κ3) is 3.40. The minimum Gasteiger partial charge on any atom is -0.497 e. The number of fused-ring (bicyclic) bond motifs is 3. The van der Waals surface area contributed by atoms with Gasteiger partial charge in [0, 0.05) is 10.9 Å². The molecule has 0 aliphatic rings. The van der Waals surface area contributed by atoms with Crippen LogP contribution in [0.2, 0.25) is 0 Å². The molecule has 0 fully saturated rings. The molecule has 0 aliphatic heterocycles. The normalized spacial score (nSPS) is 11.0. The maximum Gasteiger partial charge on any atom is 0.349 e. The first-order valence-corrected chi connectivity index (χ1v) is 9.37. The fraction of sp³-hybridized carbons (Fsp3) is 0.0435. The standard InChI is InChI=1S/C23H15N3O5/c1-29-15-7-4-6-14(11-15)21-25-26-23(31-21)24-20(27)18-12-17-16-8-3-2-5-13(16)9-10-19(17)30-22(18)28/h2-12H,1H3,(H,24,26,27). The van der Waals surface area contributed by atoms with Crippen molar-refractivity contribution in [1.82, 2.24) is 10.2 Å². The molecule has 2 heterocycles. The molecule has 5 rings (SSSR count). The zero-order chi connectivity index (χ0) is 21.4. The van der Waals surface area contributed by atoms with Gasteiger partial charge >= 0.3 is 11.6 Å². The first-order chi connectivity index (χ1) is 15.1. The topological polar surface area (TPSA) is 107 Å². The number of hydrogen-bond acceptors (Lipinski definition) is 7. The van der Waals surface area contributed by atoms with Crippen molar-refractivity contribution in [3.63, 3.8) is 0 Å². The van der Waals surface area contributed by atoms with Gasteiger partial charge in [-0.15, -0.1) is 5.10 Å². The Labute approximate surface area is 175 Å². The second-order valence-corrected chi connectivity index (χ2v) is 6.74. The van der Waals surface area contributed by atoms with Gasteiger partial charge in [0.15, 0.2) is 0 Å². The van der Waals surface area contributed by atoms with E-state index in [-0.39, 0.29) is 17.5 Å². The minimum atomic E-state index is -0.757. The van der Waals surface area contributed by atoms with Gasteiger partial charge in [0.25, 0.3) is 5.91 Å². The molecular formula is C23H15N3O5. The quantitative estimate of drug-likeness (QED) is 0.346. The highest BCUT2D eigenvalue weighted by Crippen LogP contribution is 2.26. The van der Waals surface area contributed by atoms with Gasteiger partial charge in [-0.1, -0.05) is 41.5 Å². The van der Waals surface area contributed by atoms with Gasteiger partial charge in [0.1, 0.15) is 16.9 Å². The van der Waals surface area contributed by atoms with Crippen molar-refractivity contribution < 1.29 is 18.4 Å². The van der Waals surface area contributed by atoms with Crippen molar-refractivity contribution in [2.45, 2.75) is 0 Å². The number of anilines is 1. The maximum atomic E-state index is 12.7. The monoisotopic (exact) mass is 413 g/mol. The number of carbonyl (C=O) groups is 1. The van der Waals surface area contributed by atoms with E-state index in [2.05, 4.69) is 15.5 Å². The van der Waals surface area contributed by atoms with Gasteiger partial charge in [0.05, 0.1) is 7.11 Å². The number of amides is 1. The number of rotatable bonds is 4. The lowest BCUT2D eigenvalue weighted by molar-refractivity contribution is 0.102. The van der Waals surface area contributed by atoms with Gasteiger partial charge in [-0.05, 0) is 41.1 Å². The van der Waals surface area contributed by atoms with Crippen molar-refractivity contribution in [3.05, 3.63) is 82.7 Å². The third-order valence-corrected chi connectivity index (χ3v) is 4.85. The molecular weight excluding hydrogens is 398 g/mol. The van der Waals surface area contributed by atoms with E-state index in [1.807, 2.05) is 30.3 Å². The molecule has 0 saturated carbocycles. The summed E-state index contributed by atoms with van der Waals surface area (Å²) >= 11 is 0. The molecule has 8 nitrogen and oxygen atoms in total. The van der Waals surface area contributed by atoms with E-state index in [0.29, 0.717) is 22.3 Å². The van der Waals surface area contributed by atoms with E-state index in [0.717, 1.165) is 10.8 Å². The molecule has 0 aliphatic carbocycles. The Morgan fingerprint density at radius 1 is 0.935 bits per heavy atom. The Kier molecular flexibility index (Phi) is 4.44. The maximum absolute atomic E-state index is 12.7. The highest BCUT2D eigenvalue weighted by molar-refractivity contribution is 6.10. The Morgan fingerprint density at radius 2 is 1.81 bits per heavy atom. The predicted octanol–water partition coefficient (Wildman–Crippen LogP) is 4.26. The second kappa shape index (κ2) is 7.42. The Bertz CT molecular complexity index is 1500. The zero-order valence-corrected chi connectivity index (χ0v) is 16.3. The molecule has 0 atom stereocenters. The van der Waals surface area contributed by atoms with E-state index in [1.165, 1.54) is 6.07 Å². The number of methoxy groups -OCH3 is 1.